The zero-order chi connectivity index (χ0) is 37.6. The van der Waals surface area contributed by atoms with Gasteiger partial charge in [0.15, 0.2) is 25.2 Å². The Bertz CT molecular complexity index is 1370. The van der Waals surface area contributed by atoms with Crippen molar-refractivity contribution in [2.45, 2.75) is 129 Å². The highest BCUT2D eigenvalue weighted by molar-refractivity contribution is 5.35. The van der Waals surface area contributed by atoms with Gasteiger partial charge in [-0.2, -0.15) is 0 Å². The van der Waals surface area contributed by atoms with E-state index in [0.29, 0.717) is 5.56 Å². The lowest BCUT2D eigenvalue weighted by Gasteiger charge is -2.49. The number of hydrogen-bond donors (Lipinski definition) is 11. The number of nitro groups is 1. The third-order valence-electron chi connectivity index (χ3n) is 10.2. The molecule has 22 nitrogen and oxygen atoms in total. The van der Waals surface area contributed by atoms with Gasteiger partial charge >= 0.3 is 0 Å². The monoisotopic (exact) mass is 748 g/mol. The van der Waals surface area contributed by atoms with Crippen LogP contribution in [-0.4, -0.2) is 172 Å². The van der Waals surface area contributed by atoms with Gasteiger partial charge in [0.2, 0.25) is 0 Å². The highest BCUT2D eigenvalue weighted by Crippen LogP contribution is 2.37. The number of aliphatic hydroxyl groups excluding tert-OH is 6. The van der Waals surface area contributed by atoms with E-state index < -0.39 is 134 Å². The number of nitrogens with zero attached hydrogens (tertiary/aromatic N) is 1. The molecule has 1 aromatic rings. The average Bonchev–Trinajstić information content (AvgIpc) is 3.43. The molecule has 0 aromatic heterocycles. The molecule has 22 heteroatoms. The molecule has 0 bridgehead atoms. The Labute approximate surface area is 296 Å². The van der Waals surface area contributed by atoms with Gasteiger partial charge in [-0.05, 0) is 6.42 Å². The first-order chi connectivity index (χ1) is 24.7. The summed E-state index contributed by atoms with van der Waals surface area (Å²) in [5.74, 6) is 0. The SMILES string of the molecule is NC[C@@H]1O[C@H](O[C@H]2[C@@H](O)[C@H](O[C@@H]3[C@@H](O)[C@H](N)C[C@H](N)[C@H]3O[C@H]3O[C@@H]4CO[C@@H](c5cccc([N+](=O)[O-])c5)O[C@H]4[C@H](O)[C@H]3N)O[C@@H]2CO)[C@H](N)[C@@H](O)[C@@H]1O. The number of hydrogen-bond acceptors (Lipinski definition) is 21. The second kappa shape index (κ2) is 16.3. The molecule has 20 atom stereocenters. The summed E-state index contributed by atoms with van der Waals surface area (Å²) in [7, 11) is 0. The molecule has 294 valence electrons. The van der Waals surface area contributed by atoms with Gasteiger partial charge in [-0.3, -0.25) is 10.1 Å². The van der Waals surface area contributed by atoms with Crippen LogP contribution in [0.2, 0.25) is 0 Å². The molecule has 6 rings (SSSR count). The zero-order valence-electron chi connectivity index (χ0n) is 27.8. The van der Waals surface area contributed by atoms with Crippen LogP contribution >= 0.6 is 0 Å². The fourth-order valence-corrected chi connectivity index (χ4v) is 7.16. The topological polar surface area (TPSA) is 368 Å². The number of nitro benzene ring substituents is 1. The zero-order valence-corrected chi connectivity index (χ0v) is 27.8. The molecule has 5 aliphatic rings. The summed E-state index contributed by atoms with van der Waals surface area (Å²) in [6.45, 7) is -0.966. The molecule has 4 saturated heterocycles. The number of ether oxygens (including phenoxy) is 8. The number of rotatable bonds is 10. The first-order valence-electron chi connectivity index (χ1n) is 16.9. The predicted octanol–water partition coefficient (Wildman–Crippen LogP) is -6.19. The molecule has 0 spiro atoms. The van der Waals surface area contributed by atoms with Gasteiger partial charge in [0, 0.05) is 36.3 Å². The molecule has 0 amide bonds. The Kier molecular flexibility index (Phi) is 12.4. The van der Waals surface area contributed by atoms with Gasteiger partial charge in [0.1, 0.15) is 67.1 Å². The first kappa shape index (κ1) is 39.6. The van der Waals surface area contributed by atoms with Crippen LogP contribution in [0.25, 0.3) is 0 Å². The number of aliphatic hydroxyl groups is 6. The van der Waals surface area contributed by atoms with E-state index in [-0.39, 0.29) is 25.3 Å². The van der Waals surface area contributed by atoms with E-state index in [0.717, 1.165) is 0 Å². The van der Waals surface area contributed by atoms with Gasteiger partial charge in [0.05, 0.1) is 36.3 Å². The van der Waals surface area contributed by atoms with E-state index in [1.165, 1.54) is 18.2 Å². The van der Waals surface area contributed by atoms with Crippen LogP contribution in [-0.2, 0) is 37.9 Å². The maximum atomic E-state index is 11.3. The summed E-state index contributed by atoms with van der Waals surface area (Å²) in [5.41, 5.74) is 30.8. The summed E-state index contributed by atoms with van der Waals surface area (Å²) >= 11 is 0. The van der Waals surface area contributed by atoms with Crippen LogP contribution < -0.4 is 28.7 Å². The molecule has 1 saturated carbocycles. The summed E-state index contributed by atoms with van der Waals surface area (Å²) in [4.78, 5) is 10.7. The minimum absolute atomic E-state index is 0.0614. The van der Waals surface area contributed by atoms with E-state index in [4.69, 9.17) is 66.6 Å². The lowest BCUT2D eigenvalue weighted by Crippen LogP contribution is -2.69. The van der Waals surface area contributed by atoms with Gasteiger partial charge < -0.3 is 97.2 Å². The van der Waals surface area contributed by atoms with Crippen LogP contribution in [0.5, 0.6) is 0 Å². The fraction of sp³-hybridized carbons (Fsp3) is 0.800. The van der Waals surface area contributed by atoms with E-state index >= 15 is 0 Å². The molecule has 1 aromatic carbocycles. The predicted molar refractivity (Wildman–Crippen MR) is 170 cm³/mol. The van der Waals surface area contributed by atoms with Crippen molar-refractivity contribution in [2.24, 2.45) is 28.7 Å². The lowest BCUT2D eigenvalue weighted by molar-refractivity contribution is -0.385. The van der Waals surface area contributed by atoms with Gasteiger partial charge in [-0.15, -0.1) is 0 Å². The fourth-order valence-electron chi connectivity index (χ4n) is 7.16. The minimum Gasteiger partial charge on any atom is -0.394 e. The minimum atomic E-state index is -1.64. The Balaban J connectivity index is 1.13. The Morgan fingerprint density at radius 3 is 2.12 bits per heavy atom. The van der Waals surface area contributed by atoms with Gasteiger partial charge in [-0.25, -0.2) is 0 Å². The second-order valence-corrected chi connectivity index (χ2v) is 13.6. The third-order valence-corrected chi connectivity index (χ3v) is 10.2. The van der Waals surface area contributed by atoms with E-state index in [9.17, 15) is 40.8 Å². The summed E-state index contributed by atoms with van der Waals surface area (Å²) < 4.78 is 47.2. The second-order valence-electron chi connectivity index (χ2n) is 13.6. The molecule has 1 aliphatic carbocycles. The Morgan fingerprint density at radius 2 is 1.42 bits per heavy atom. The number of fused-ring (bicyclic) bond motifs is 1. The smallest absolute Gasteiger partial charge is 0.269 e. The standard InChI is InChI=1S/C30H48N6O16/c31-6-13-19(39)20(40)16(34)28(46-13)51-24-14(7-37)47-30(22(24)42)52-26-18(38)11(32)5-12(33)23(26)49-29-17(35)21(41)25-15(48-29)8-45-27(50-25)9-2-1-3-10(4-9)36(43)44/h1-4,11-30,37-42H,5-8,31-35H2/t11-,12+,13+,14-,15-,16-,17-,18+,19-,20-,21-,22-,23-,24-,25-,26-,27-,28-,29-,30+/m1/s1. The number of benzene rings is 1. The molecule has 16 N–H and O–H groups in total. The van der Waals surface area contributed by atoms with Gasteiger partial charge in [0.25, 0.3) is 5.69 Å². The summed E-state index contributed by atoms with van der Waals surface area (Å²) in [6.07, 6.45) is -20.7. The first-order valence-corrected chi connectivity index (χ1v) is 16.9. The van der Waals surface area contributed by atoms with Crippen LogP contribution in [0, 0.1) is 10.1 Å². The van der Waals surface area contributed by atoms with Crippen LogP contribution in [0.1, 0.15) is 18.3 Å². The molecular weight excluding hydrogens is 700 g/mol. The molecule has 0 unspecified atom stereocenters. The van der Waals surface area contributed by atoms with Crippen LogP contribution in [0.3, 0.4) is 0 Å². The number of non-ortho nitro benzene ring substituents is 1. The molecule has 4 heterocycles. The molecule has 4 aliphatic heterocycles. The van der Waals surface area contributed by atoms with Crippen molar-refractivity contribution in [3.05, 3.63) is 39.9 Å². The van der Waals surface area contributed by atoms with Crippen molar-refractivity contribution in [2.75, 3.05) is 19.8 Å². The average molecular weight is 749 g/mol. The van der Waals surface area contributed by atoms with E-state index in [1.54, 1.807) is 6.07 Å². The number of nitrogens with two attached hydrogens (primary N) is 5. The maximum Gasteiger partial charge on any atom is 0.269 e. The Morgan fingerprint density at radius 1 is 0.769 bits per heavy atom. The highest BCUT2D eigenvalue weighted by Gasteiger charge is 2.55. The van der Waals surface area contributed by atoms with Crippen molar-refractivity contribution >= 4 is 5.69 Å². The van der Waals surface area contributed by atoms with Crippen LogP contribution in [0.15, 0.2) is 24.3 Å². The quantitative estimate of drug-likeness (QED) is 0.0783. The van der Waals surface area contributed by atoms with E-state index in [2.05, 4.69) is 0 Å². The normalized spacial score (nSPS) is 48.3. The summed E-state index contributed by atoms with van der Waals surface area (Å²) in [5, 5.41) is 75.6. The van der Waals surface area contributed by atoms with Crippen LogP contribution in [0.4, 0.5) is 5.69 Å². The van der Waals surface area contributed by atoms with Crippen molar-refractivity contribution in [1.29, 1.82) is 0 Å². The molecular formula is C30H48N6O16. The largest absolute Gasteiger partial charge is 0.394 e. The van der Waals surface area contributed by atoms with E-state index in [1.807, 2.05) is 0 Å². The molecule has 52 heavy (non-hydrogen) atoms. The lowest BCUT2D eigenvalue weighted by atomic mass is 9.84. The van der Waals surface area contributed by atoms with Crippen molar-refractivity contribution in [3.8, 4) is 0 Å². The van der Waals surface area contributed by atoms with Crippen molar-refractivity contribution in [3.63, 3.8) is 0 Å². The maximum absolute atomic E-state index is 11.3. The van der Waals surface area contributed by atoms with Crippen molar-refractivity contribution in [1.82, 2.24) is 0 Å². The molecule has 5 fully saturated rings. The summed E-state index contributed by atoms with van der Waals surface area (Å²) in [6, 6.07) is 1.37. The van der Waals surface area contributed by atoms with Gasteiger partial charge in [-0.1, -0.05) is 12.1 Å². The molecule has 0 radical (unpaired) electrons. The third kappa shape index (κ3) is 7.70. The Hall–Kier alpha value is -2.14. The highest BCUT2D eigenvalue weighted by atomic mass is 16.8. The van der Waals surface area contributed by atoms with Crippen molar-refractivity contribution < 1.29 is 73.5 Å².